The Labute approximate surface area is 133 Å². The van der Waals surface area contributed by atoms with Crippen LogP contribution in [0.4, 0.5) is 0 Å². The van der Waals surface area contributed by atoms with E-state index in [-0.39, 0.29) is 5.54 Å². The van der Waals surface area contributed by atoms with E-state index in [1.54, 1.807) is 0 Å². The zero-order valence-corrected chi connectivity index (χ0v) is 17.3. The second-order valence-electron chi connectivity index (χ2n) is 6.55. The summed E-state index contributed by atoms with van der Waals surface area (Å²) in [6, 6.07) is 0. The lowest BCUT2D eigenvalue weighted by Gasteiger charge is -2.54. The fourth-order valence-corrected chi connectivity index (χ4v) is 20.0. The van der Waals surface area contributed by atoms with Gasteiger partial charge in [0, 0.05) is 0 Å². The topological polar surface area (TPSA) is 27.7 Å². The van der Waals surface area contributed by atoms with Crippen molar-refractivity contribution in [1.29, 1.82) is 0 Å². The fraction of sp³-hybridized carbons (Fsp3) is 0.600. The van der Waals surface area contributed by atoms with Gasteiger partial charge in [-0.15, -0.1) is 19.7 Å². The minimum absolute atomic E-state index is 0.273. The van der Waals surface area contributed by atoms with E-state index < -0.39 is 25.7 Å². The van der Waals surface area contributed by atoms with Gasteiger partial charge in [0.05, 0.1) is 0 Å². The highest BCUT2D eigenvalue weighted by atomic mass is 28.5. The molecule has 0 amide bonds. The van der Waals surface area contributed by atoms with Crippen LogP contribution in [0.2, 0.25) is 16.6 Å². The first-order chi connectivity index (χ1) is 9.63. The van der Waals surface area contributed by atoms with Gasteiger partial charge >= 0.3 is 25.7 Å². The average Bonchev–Trinajstić information content (AvgIpc) is 2.45. The molecule has 0 saturated carbocycles. The summed E-state index contributed by atoms with van der Waals surface area (Å²) in [4.78, 5) is 0. The lowest BCUT2D eigenvalue weighted by atomic mass is 10.5. The van der Waals surface area contributed by atoms with Gasteiger partial charge in [-0.25, -0.2) is 0 Å². The smallest absolute Gasteiger partial charge is 0.373 e. The molecule has 6 heteroatoms. The molecular weight excluding hydrogens is 312 g/mol. The summed E-state index contributed by atoms with van der Waals surface area (Å²) in [5, 5.41) is 0. The number of rotatable bonds is 6. The van der Waals surface area contributed by atoms with Crippen molar-refractivity contribution in [2.45, 2.75) is 58.2 Å². The first-order valence-electron chi connectivity index (χ1n) is 7.65. The summed E-state index contributed by atoms with van der Waals surface area (Å²) in [6.45, 7) is 25.0. The molecule has 0 spiro atoms. The molecule has 1 aliphatic rings. The third-order valence-corrected chi connectivity index (χ3v) is 18.4. The van der Waals surface area contributed by atoms with Crippen LogP contribution in [0.15, 0.2) is 36.8 Å². The van der Waals surface area contributed by atoms with Gasteiger partial charge in [0.15, 0.2) is 0 Å². The maximum atomic E-state index is 6.71. The summed E-state index contributed by atoms with van der Waals surface area (Å²) in [7, 11) is -7.66. The SMILES string of the molecule is C=C[Si]1(C=C)O[Si](C=C)(C(C)C)O[Si](C(C)C)(C(C)C)O1. The molecule has 3 nitrogen and oxygen atoms in total. The average molecular weight is 343 g/mol. The monoisotopic (exact) mass is 342 g/mol. The largest absolute Gasteiger partial charge is 0.412 e. The van der Waals surface area contributed by atoms with E-state index in [0.29, 0.717) is 11.1 Å². The summed E-state index contributed by atoms with van der Waals surface area (Å²) in [6.07, 6.45) is 0. The van der Waals surface area contributed by atoms with Gasteiger partial charge in [-0.3, -0.25) is 0 Å². The van der Waals surface area contributed by atoms with Gasteiger partial charge in [0.1, 0.15) is 0 Å². The van der Waals surface area contributed by atoms with Crippen LogP contribution in [0.1, 0.15) is 41.5 Å². The molecule has 0 radical (unpaired) electrons. The van der Waals surface area contributed by atoms with Gasteiger partial charge < -0.3 is 12.3 Å². The molecule has 0 aromatic heterocycles. The van der Waals surface area contributed by atoms with Crippen LogP contribution in [0.3, 0.4) is 0 Å². The quantitative estimate of drug-likeness (QED) is 0.650. The van der Waals surface area contributed by atoms with E-state index in [9.17, 15) is 0 Å². The molecule has 0 aromatic rings. The molecule has 21 heavy (non-hydrogen) atoms. The van der Waals surface area contributed by atoms with Crippen LogP contribution in [0, 0.1) is 0 Å². The molecule has 1 atom stereocenters. The third kappa shape index (κ3) is 3.11. The van der Waals surface area contributed by atoms with E-state index in [1.807, 2.05) is 17.1 Å². The first-order valence-corrected chi connectivity index (χ1v) is 13.6. The summed E-state index contributed by atoms with van der Waals surface area (Å²) < 4.78 is 19.7. The van der Waals surface area contributed by atoms with E-state index in [2.05, 4.69) is 61.3 Å². The Bertz CT molecular complexity index is 404. The van der Waals surface area contributed by atoms with Gasteiger partial charge in [0.25, 0.3) is 0 Å². The van der Waals surface area contributed by atoms with Crippen molar-refractivity contribution in [2.75, 3.05) is 0 Å². The summed E-state index contributed by atoms with van der Waals surface area (Å²) >= 11 is 0. The molecular formula is C15H30O3Si3. The van der Waals surface area contributed by atoms with E-state index in [1.165, 1.54) is 0 Å². The van der Waals surface area contributed by atoms with Crippen molar-refractivity contribution in [1.82, 2.24) is 0 Å². The van der Waals surface area contributed by atoms with Crippen LogP contribution in [0.5, 0.6) is 0 Å². The van der Waals surface area contributed by atoms with Gasteiger partial charge in [-0.05, 0) is 28.0 Å². The molecule has 120 valence electrons. The molecule has 1 aliphatic heterocycles. The lowest BCUT2D eigenvalue weighted by molar-refractivity contribution is 0.214. The maximum absolute atomic E-state index is 6.71. The number of hydrogen-bond acceptors (Lipinski definition) is 3. The Hall–Kier alpha value is -0.249. The maximum Gasteiger partial charge on any atom is 0.373 e. The second kappa shape index (κ2) is 6.47. The molecule has 1 rings (SSSR count). The predicted octanol–water partition coefficient (Wildman–Crippen LogP) is 4.78. The molecule has 1 saturated heterocycles. The second-order valence-corrected chi connectivity index (χ2v) is 18.0. The highest BCUT2D eigenvalue weighted by molar-refractivity contribution is 7.00. The third-order valence-electron chi connectivity index (χ3n) is 4.22. The lowest BCUT2D eigenvalue weighted by Crippen LogP contribution is -2.71. The van der Waals surface area contributed by atoms with Crippen molar-refractivity contribution >= 4 is 25.7 Å². The standard InChI is InChI=1S/C15H30O3Si3/c1-10-19(11-2)16-20(12-3,13(4)5)18-21(17-19,14(6)7)15(8)9/h10-15H,1-3H2,4-9H3. The van der Waals surface area contributed by atoms with Crippen LogP contribution in [-0.2, 0) is 12.3 Å². The fourth-order valence-electron chi connectivity index (χ4n) is 2.75. The van der Waals surface area contributed by atoms with E-state index >= 15 is 0 Å². The Kier molecular flexibility index (Phi) is 5.80. The van der Waals surface area contributed by atoms with Crippen molar-refractivity contribution in [3.63, 3.8) is 0 Å². The van der Waals surface area contributed by atoms with Crippen molar-refractivity contribution in [3.05, 3.63) is 36.8 Å². The highest BCUT2D eigenvalue weighted by Gasteiger charge is 2.63. The van der Waals surface area contributed by atoms with Crippen molar-refractivity contribution in [3.8, 4) is 0 Å². The Balaban J connectivity index is 3.51. The minimum Gasteiger partial charge on any atom is -0.412 e. The molecule has 0 N–H and O–H groups in total. The predicted molar refractivity (Wildman–Crippen MR) is 96.4 cm³/mol. The van der Waals surface area contributed by atoms with Crippen LogP contribution in [-0.4, -0.2) is 25.7 Å². The van der Waals surface area contributed by atoms with Crippen LogP contribution in [0.25, 0.3) is 0 Å². The molecule has 1 unspecified atom stereocenters. The van der Waals surface area contributed by atoms with Crippen LogP contribution < -0.4 is 0 Å². The molecule has 0 bridgehead atoms. The zero-order chi connectivity index (χ0) is 16.5. The zero-order valence-electron chi connectivity index (χ0n) is 14.3. The Morgan fingerprint density at radius 3 is 1.43 bits per heavy atom. The summed E-state index contributed by atoms with van der Waals surface area (Å²) in [5.74, 6) is 0. The molecule has 0 aromatic carbocycles. The van der Waals surface area contributed by atoms with Gasteiger partial charge in [-0.1, -0.05) is 47.2 Å². The van der Waals surface area contributed by atoms with Crippen LogP contribution >= 0.6 is 0 Å². The van der Waals surface area contributed by atoms with Gasteiger partial charge in [0.2, 0.25) is 0 Å². The van der Waals surface area contributed by atoms with Gasteiger partial charge in [-0.2, -0.15) is 0 Å². The Morgan fingerprint density at radius 2 is 1.14 bits per heavy atom. The first kappa shape index (κ1) is 18.8. The Morgan fingerprint density at radius 1 is 0.667 bits per heavy atom. The summed E-state index contributed by atoms with van der Waals surface area (Å²) in [5.41, 5.74) is 6.53. The van der Waals surface area contributed by atoms with Crippen molar-refractivity contribution < 1.29 is 12.3 Å². The highest BCUT2D eigenvalue weighted by Crippen LogP contribution is 2.46. The number of hydrogen-bond donors (Lipinski definition) is 0. The molecule has 0 aliphatic carbocycles. The normalized spacial score (nSPS) is 27.9. The van der Waals surface area contributed by atoms with E-state index in [0.717, 1.165) is 0 Å². The molecule has 1 fully saturated rings. The minimum atomic E-state index is -2.66. The van der Waals surface area contributed by atoms with E-state index in [4.69, 9.17) is 12.3 Å². The van der Waals surface area contributed by atoms with Crippen molar-refractivity contribution in [2.24, 2.45) is 0 Å². The molecule has 1 heterocycles.